The molecule has 1 fully saturated rings. The first-order valence-electron chi connectivity index (χ1n) is 6.78. The van der Waals surface area contributed by atoms with E-state index in [1.165, 1.54) is 0 Å². The van der Waals surface area contributed by atoms with E-state index in [9.17, 15) is 15.3 Å². The second-order valence-corrected chi connectivity index (χ2v) is 6.53. The van der Waals surface area contributed by atoms with Crippen LogP contribution in [0.5, 0.6) is 0 Å². The maximum Gasteiger partial charge on any atom is 0.228 e. The number of nitrogens with zero attached hydrogens (tertiary/aromatic N) is 1. The van der Waals surface area contributed by atoms with Gasteiger partial charge in [-0.1, -0.05) is 11.6 Å². The number of fused-ring (bicyclic) bond motifs is 1. The topological polar surface area (TPSA) is 91.5 Å². The average molecular weight is 393 g/mol. The van der Waals surface area contributed by atoms with Crippen molar-refractivity contribution in [3.8, 4) is 0 Å². The van der Waals surface area contributed by atoms with Crippen LogP contribution in [0, 0.1) is 0 Å². The number of benzene rings is 1. The summed E-state index contributed by atoms with van der Waals surface area (Å²) >= 11 is 9.61. The molecule has 8 heteroatoms. The van der Waals surface area contributed by atoms with Gasteiger partial charge in [0, 0.05) is 4.47 Å². The van der Waals surface area contributed by atoms with Crippen LogP contribution in [0.3, 0.4) is 0 Å². The van der Waals surface area contributed by atoms with E-state index in [0.717, 1.165) is 0 Å². The number of ether oxygens (including phenoxy) is 2. The SMILES string of the molecule is C[C@@H]1O[C@H](OC2=c3c(Cl)c(Br)ccc3=NC2)[C@H](O)[C@H](O)[C@H]1O. The summed E-state index contributed by atoms with van der Waals surface area (Å²) in [5.41, 5.74) is 0. The van der Waals surface area contributed by atoms with Gasteiger partial charge in [0.2, 0.25) is 6.29 Å². The summed E-state index contributed by atoms with van der Waals surface area (Å²) in [6, 6.07) is 3.60. The van der Waals surface area contributed by atoms with Crippen LogP contribution in [0.15, 0.2) is 21.6 Å². The van der Waals surface area contributed by atoms with E-state index in [1.54, 1.807) is 19.1 Å². The molecule has 5 atom stereocenters. The quantitative estimate of drug-likeness (QED) is 0.642. The highest BCUT2D eigenvalue weighted by molar-refractivity contribution is 9.10. The van der Waals surface area contributed by atoms with Crippen LogP contribution >= 0.6 is 27.5 Å². The van der Waals surface area contributed by atoms with Crippen LogP contribution in [-0.4, -0.2) is 52.6 Å². The van der Waals surface area contributed by atoms with Crippen molar-refractivity contribution in [1.29, 1.82) is 0 Å². The van der Waals surface area contributed by atoms with E-state index in [-0.39, 0.29) is 6.54 Å². The van der Waals surface area contributed by atoms with E-state index in [2.05, 4.69) is 20.9 Å². The van der Waals surface area contributed by atoms with Crippen LogP contribution in [-0.2, 0) is 9.47 Å². The molecule has 2 aliphatic rings. The zero-order valence-electron chi connectivity index (χ0n) is 11.6. The van der Waals surface area contributed by atoms with Gasteiger partial charge in [-0.25, -0.2) is 0 Å². The zero-order chi connectivity index (χ0) is 16.0. The molecule has 1 saturated heterocycles. The summed E-state index contributed by atoms with van der Waals surface area (Å²) in [7, 11) is 0. The molecule has 2 heterocycles. The van der Waals surface area contributed by atoms with E-state index in [0.29, 0.717) is 25.8 Å². The lowest BCUT2D eigenvalue weighted by Gasteiger charge is -2.39. The van der Waals surface area contributed by atoms with Crippen molar-refractivity contribution < 1.29 is 24.8 Å². The molecule has 22 heavy (non-hydrogen) atoms. The second kappa shape index (κ2) is 6.07. The third-order valence-electron chi connectivity index (χ3n) is 3.81. The van der Waals surface area contributed by atoms with Crippen LogP contribution in [0.25, 0.3) is 5.76 Å². The van der Waals surface area contributed by atoms with Gasteiger partial charge in [-0.05, 0) is 35.0 Å². The number of aliphatic hydroxyl groups is 3. The Labute approximate surface area is 139 Å². The summed E-state index contributed by atoms with van der Waals surface area (Å²) in [6.45, 7) is 1.86. The smallest absolute Gasteiger partial charge is 0.228 e. The predicted octanol–water partition coefficient (Wildman–Crippen LogP) is -0.312. The molecule has 3 rings (SSSR count). The molecule has 0 amide bonds. The molecule has 0 aromatic heterocycles. The molecule has 120 valence electrons. The van der Waals surface area contributed by atoms with Crippen LogP contribution in [0.2, 0.25) is 5.02 Å². The van der Waals surface area contributed by atoms with Gasteiger partial charge in [0.05, 0.1) is 28.2 Å². The van der Waals surface area contributed by atoms with Crippen molar-refractivity contribution in [3.63, 3.8) is 0 Å². The lowest BCUT2D eigenvalue weighted by atomic mass is 10.00. The third-order valence-corrected chi connectivity index (χ3v) is 5.09. The lowest BCUT2D eigenvalue weighted by Crippen LogP contribution is -2.57. The normalized spacial score (nSPS) is 34.3. The van der Waals surface area contributed by atoms with Gasteiger partial charge in [0.15, 0.2) is 0 Å². The van der Waals surface area contributed by atoms with E-state index < -0.39 is 30.7 Å². The summed E-state index contributed by atoms with van der Waals surface area (Å²) < 4.78 is 11.8. The van der Waals surface area contributed by atoms with Crippen LogP contribution in [0.4, 0.5) is 0 Å². The van der Waals surface area contributed by atoms with Gasteiger partial charge in [-0.15, -0.1) is 0 Å². The van der Waals surface area contributed by atoms with Crippen molar-refractivity contribution >= 4 is 33.3 Å². The first kappa shape index (κ1) is 16.2. The molecule has 0 saturated carbocycles. The molecule has 0 unspecified atom stereocenters. The molecule has 0 bridgehead atoms. The number of aliphatic hydroxyl groups excluding tert-OH is 3. The van der Waals surface area contributed by atoms with Crippen LogP contribution in [0.1, 0.15) is 6.92 Å². The lowest BCUT2D eigenvalue weighted by molar-refractivity contribution is -0.276. The molecule has 1 aromatic carbocycles. The Hall–Kier alpha value is -0.700. The van der Waals surface area contributed by atoms with E-state index in [4.69, 9.17) is 21.1 Å². The minimum absolute atomic E-state index is 0.269. The van der Waals surface area contributed by atoms with Crippen LogP contribution < -0.4 is 10.6 Å². The molecule has 1 aromatic rings. The fourth-order valence-electron chi connectivity index (χ4n) is 2.52. The maximum atomic E-state index is 10.0. The number of halogens is 2. The molecule has 2 aliphatic heterocycles. The summed E-state index contributed by atoms with van der Waals surface area (Å²) in [6.07, 6.45) is -5.64. The molecule has 0 radical (unpaired) electrons. The Bertz CT molecular complexity index is 712. The average Bonchev–Trinajstić information content (AvgIpc) is 2.90. The fourth-order valence-corrected chi connectivity index (χ4v) is 3.12. The van der Waals surface area contributed by atoms with E-state index in [1.807, 2.05) is 0 Å². The van der Waals surface area contributed by atoms with Crippen molar-refractivity contribution in [2.45, 2.75) is 37.6 Å². The Morgan fingerprint density at radius 1 is 1.27 bits per heavy atom. The summed E-state index contributed by atoms with van der Waals surface area (Å²) in [5.74, 6) is 0.459. The van der Waals surface area contributed by atoms with Crippen molar-refractivity contribution in [3.05, 3.63) is 32.2 Å². The van der Waals surface area contributed by atoms with Gasteiger partial charge in [-0.3, -0.25) is 4.99 Å². The third kappa shape index (κ3) is 2.66. The number of hydrogen-bond acceptors (Lipinski definition) is 6. The molecular weight excluding hydrogens is 378 g/mol. The largest absolute Gasteiger partial charge is 0.464 e. The monoisotopic (exact) mass is 391 g/mol. The molecule has 0 spiro atoms. The zero-order valence-corrected chi connectivity index (χ0v) is 14.0. The maximum absolute atomic E-state index is 10.0. The van der Waals surface area contributed by atoms with Gasteiger partial charge < -0.3 is 24.8 Å². The second-order valence-electron chi connectivity index (χ2n) is 5.29. The molecule has 0 aliphatic carbocycles. The van der Waals surface area contributed by atoms with Crippen molar-refractivity contribution in [1.82, 2.24) is 0 Å². The highest BCUT2D eigenvalue weighted by Crippen LogP contribution is 2.25. The Kier molecular flexibility index (Phi) is 4.46. The predicted molar refractivity (Wildman–Crippen MR) is 81.6 cm³/mol. The standard InChI is InChI=1S/C14H15BrClNO5/c1-5-11(18)12(19)13(20)14(21-5)22-8-4-17-7-3-2-6(15)10(16)9(7)8/h2-3,5,11-14,18-20H,4H2,1H3/t5-,11-,12+,13+,14+/m0/s1. The van der Waals surface area contributed by atoms with Gasteiger partial charge in [0.1, 0.15) is 24.1 Å². The van der Waals surface area contributed by atoms with Crippen molar-refractivity contribution in [2.75, 3.05) is 6.54 Å². The van der Waals surface area contributed by atoms with E-state index >= 15 is 0 Å². The highest BCUT2D eigenvalue weighted by atomic mass is 79.9. The fraction of sp³-hybridized carbons (Fsp3) is 0.500. The molecule has 3 N–H and O–H groups in total. The number of hydrogen-bond donors (Lipinski definition) is 3. The Morgan fingerprint density at radius 2 is 2.00 bits per heavy atom. The minimum atomic E-state index is -1.37. The van der Waals surface area contributed by atoms with Gasteiger partial charge in [0.25, 0.3) is 0 Å². The highest BCUT2D eigenvalue weighted by Gasteiger charge is 2.43. The first-order valence-corrected chi connectivity index (χ1v) is 7.95. The summed E-state index contributed by atoms with van der Waals surface area (Å²) in [4.78, 5) is 4.31. The van der Waals surface area contributed by atoms with Gasteiger partial charge >= 0.3 is 0 Å². The Morgan fingerprint density at radius 3 is 2.73 bits per heavy atom. The molecule has 6 nitrogen and oxygen atoms in total. The van der Waals surface area contributed by atoms with Crippen molar-refractivity contribution in [2.24, 2.45) is 4.99 Å². The first-order chi connectivity index (χ1) is 10.4. The number of rotatable bonds is 2. The van der Waals surface area contributed by atoms with Gasteiger partial charge in [-0.2, -0.15) is 0 Å². The molecular formula is C14H15BrClNO5. The Balaban J connectivity index is 1.94. The minimum Gasteiger partial charge on any atom is -0.464 e. The summed E-state index contributed by atoms with van der Waals surface area (Å²) in [5, 5.41) is 31.3.